The number of fused-ring (bicyclic) bond motifs is 1. The molecule has 0 unspecified atom stereocenters. The highest BCUT2D eigenvalue weighted by atomic mass is 35.5. The van der Waals surface area contributed by atoms with E-state index in [1.54, 1.807) is 12.1 Å². The summed E-state index contributed by atoms with van der Waals surface area (Å²) >= 11 is 5.52. The lowest BCUT2D eigenvalue weighted by molar-refractivity contribution is 0.102. The van der Waals surface area contributed by atoms with Gasteiger partial charge < -0.3 is 4.42 Å². The van der Waals surface area contributed by atoms with Gasteiger partial charge >= 0.3 is 0 Å². The molecule has 2 aromatic rings. The molecule has 0 amide bonds. The lowest BCUT2D eigenvalue weighted by atomic mass is 10.1. The molecule has 0 spiro atoms. The fraction of sp³-hybridized carbons (Fsp3) is 0.273. The van der Waals surface area contributed by atoms with Crippen LogP contribution in [0.15, 0.2) is 22.6 Å². The second-order valence-electron chi connectivity index (χ2n) is 3.17. The highest BCUT2D eigenvalue weighted by Gasteiger charge is 2.13. The Labute approximate surface area is 92.1 Å². The van der Waals surface area contributed by atoms with E-state index in [1.807, 2.05) is 13.0 Å². The molecule has 0 N–H and O–H groups in total. The van der Waals surface area contributed by atoms with Gasteiger partial charge in [-0.25, -0.2) is 4.98 Å². The van der Waals surface area contributed by atoms with Crippen LogP contribution in [0.25, 0.3) is 11.1 Å². The van der Waals surface area contributed by atoms with Gasteiger partial charge in [-0.05, 0) is 12.1 Å². The van der Waals surface area contributed by atoms with Crippen molar-refractivity contribution in [1.82, 2.24) is 4.98 Å². The zero-order chi connectivity index (χ0) is 10.8. The summed E-state index contributed by atoms with van der Waals surface area (Å²) < 4.78 is 5.48. The molecule has 0 saturated carbocycles. The number of rotatable bonds is 3. The Balaban J connectivity index is 2.64. The molecule has 0 aliphatic rings. The Morgan fingerprint density at radius 1 is 1.53 bits per heavy atom. The minimum atomic E-state index is -0.138. The first-order valence-electron chi connectivity index (χ1n) is 4.74. The van der Waals surface area contributed by atoms with Gasteiger partial charge in [0, 0.05) is 6.42 Å². The van der Waals surface area contributed by atoms with E-state index in [4.69, 9.17) is 16.0 Å². The number of para-hydroxylation sites is 1. The predicted octanol–water partition coefficient (Wildman–Crippen LogP) is 2.81. The SMILES string of the molecule is CCc1nc2cccc(C(=O)CCl)c2o1. The number of carbonyl (C=O) groups excluding carboxylic acids is 1. The Morgan fingerprint density at radius 2 is 2.33 bits per heavy atom. The molecule has 0 saturated heterocycles. The second kappa shape index (κ2) is 4.03. The van der Waals surface area contributed by atoms with E-state index in [0.29, 0.717) is 29.0 Å². The van der Waals surface area contributed by atoms with Crippen molar-refractivity contribution in [1.29, 1.82) is 0 Å². The number of aryl methyl sites for hydroxylation is 1. The third-order valence-electron chi connectivity index (χ3n) is 2.18. The van der Waals surface area contributed by atoms with Crippen LogP contribution in [0.2, 0.25) is 0 Å². The highest BCUT2D eigenvalue weighted by molar-refractivity contribution is 6.31. The van der Waals surface area contributed by atoms with Crippen LogP contribution in [0.3, 0.4) is 0 Å². The molecule has 0 aliphatic heterocycles. The van der Waals surface area contributed by atoms with Crippen LogP contribution in [0.4, 0.5) is 0 Å². The van der Waals surface area contributed by atoms with Gasteiger partial charge in [-0.15, -0.1) is 11.6 Å². The molecule has 0 atom stereocenters. The Bertz CT molecular complexity index is 504. The van der Waals surface area contributed by atoms with Crippen molar-refractivity contribution in [3.63, 3.8) is 0 Å². The first kappa shape index (κ1) is 10.2. The van der Waals surface area contributed by atoms with E-state index in [0.717, 1.165) is 0 Å². The van der Waals surface area contributed by atoms with Crippen molar-refractivity contribution in [3.05, 3.63) is 29.7 Å². The minimum absolute atomic E-state index is 0.0404. The lowest BCUT2D eigenvalue weighted by Crippen LogP contribution is -1.99. The fourth-order valence-electron chi connectivity index (χ4n) is 1.44. The molecule has 0 bridgehead atoms. The Morgan fingerprint density at radius 3 is 3.00 bits per heavy atom. The number of benzene rings is 1. The molecule has 0 fully saturated rings. The van der Waals surface area contributed by atoms with Crippen LogP contribution in [-0.2, 0) is 6.42 Å². The van der Waals surface area contributed by atoms with Crippen molar-refractivity contribution in [2.75, 3.05) is 5.88 Å². The Hall–Kier alpha value is -1.35. The number of alkyl halides is 1. The maximum atomic E-state index is 11.5. The number of hydrogen-bond acceptors (Lipinski definition) is 3. The number of nitrogens with zero attached hydrogens (tertiary/aromatic N) is 1. The van der Waals surface area contributed by atoms with Crippen LogP contribution < -0.4 is 0 Å². The summed E-state index contributed by atoms with van der Waals surface area (Å²) in [6, 6.07) is 5.31. The fourth-order valence-corrected chi connectivity index (χ4v) is 1.58. The number of ketones is 1. The van der Waals surface area contributed by atoms with Gasteiger partial charge in [-0.3, -0.25) is 4.79 Å². The summed E-state index contributed by atoms with van der Waals surface area (Å²) in [4.78, 5) is 15.8. The average molecular weight is 224 g/mol. The first-order valence-corrected chi connectivity index (χ1v) is 5.27. The number of aromatic nitrogens is 1. The van der Waals surface area contributed by atoms with Crippen LogP contribution >= 0.6 is 11.6 Å². The maximum Gasteiger partial charge on any atom is 0.195 e. The van der Waals surface area contributed by atoms with E-state index in [2.05, 4.69) is 4.98 Å². The zero-order valence-corrected chi connectivity index (χ0v) is 9.04. The van der Waals surface area contributed by atoms with Gasteiger partial charge in [0.2, 0.25) is 0 Å². The number of carbonyl (C=O) groups is 1. The summed E-state index contributed by atoms with van der Waals surface area (Å²) in [5.74, 6) is 0.460. The summed E-state index contributed by atoms with van der Waals surface area (Å²) in [7, 11) is 0. The van der Waals surface area contributed by atoms with Crippen LogP contribution in [-0.4, -0.2) is 16.6 Å². The van der Waals surface area contributed by atoms with Crippen molar-refractivity contribution in [3.8, 4) is 0 Å². The molecule has 0 aliphatic carbocycles. The largest absolute Gasteiger partial charge is 0.440 e. The Kier molecular flexibility index (Phi) is 2.73. The molecule has 1 aromatic heterocycles. The van der Waals surface area contributed by atoms with Crippen molar-refractivity contribution < 1.29 is 9.21 Å². The van der Waals surface area contributed by atoms with Crippen molar-refractivity contribution in [2.45, 2.75) is 13.3 Å². The monoisotopic (exact) mass is 223 g/mol. The van der Waals surface area contributed by atoms with E-state index in [-0.39, 0.29) is 11.7 Å². The van der Waals surface area contributed by atoms with E-state index < -0.39 is 0 Å². The van der Waals surface area contributed by atoms with E-state index in [9.17, 15) is 4.79 Å². The van der Waals surface area contributed by atoms with Gasteiger partial charge in [0.05, 0.1) is 11.4 Å². The van der Waals surface area contributed by atoms with Crippen molar-refractivity contribution >= 4 is 28.5 Å². The summed E-state index contributed by atoms with van der Waals surface area (Å²) in [5.41, 5.74) is 1.76. The molecular formula is C11H10ClNO2. The van der Waals surface area contributed by atoms with Gasteiger partial charge in [-0.1, -0.05) is 13.0 Å². The molecule has 0 radical (unpaired) electrons. The molecular weight excluding hydrogens is 214 g/mol. The molecule has 4 heteroatoms. The van der Waals surface area contributed by atoms with Crippen LogP contribution in [0.5, 0.6) is 0 Å². The van der Waals surface area contributed by atoms with E-state index >= 15 is 0 Å². The molecule has 78 valence electrons. The summed E-state index contributed by atoms with van der Waals surface area (Å²) in [6.07, 6.45) is 0.711. The minimum Gasteiger partial charge on any atom is -0.440 e. The second-order valence-corrected chi connectivity index (χ2v) is 3.44. The standard InChI is InChI=1S/C11H10ClNO2/c1-2-10-13-8-5-3-4-7(9(14)6-12)11(8)15-10/h3-5H,2,6H2,1H3. The van der Waals surface area contributed by atoms with Gasteiger partial charge in [0.15, 0.2) is 17.3 Å². The maximum absolute atomic E-state index is 11.5. The van der Waals surface area contributed by atoms with Crippen molar-refractivity contribution in [2.24, 2.45) is 0 Å². The molecule has 15 heavy (non-hydrogen) atoms. The number of Topliss-reactive ketones (excluding diaryl/α,β-unsaturated/α-hetero) is 1. The normalized spacial score (nSPS) is 10.8. The highest BCUT2D eigenvalue weighted by Crippen LogP contribution is 2.21. The van der Waals surface area contributed by atoms with E-state index in [1.165, 1.54) is 0 Å². The smallest absolute Gasteiger partial charge is 0.195 e. The lowest BCUT2D eigenvalue weighted by Gasteiger charge is -1.96. The van der Waals surface area contributed by atoms with Gasteiger partial charge in [-0.2, -0.15) is 0 Å². The first-order chi connectivity index (χ1) is 7.26. The van der Waals surface area contributed by atoms with Gasteiger partial charge in [0.25, 0.3) is 0 Å². The zero-order valence-electron chi connectivity index (χ0n) is 8.29. The predicted molar refractivity (Wildman–Crippen MR) is 58.4 cm³/mol. The molecule has 2 rings (SSSR count). The molecule has 3 nitrogen and oxygen atoms in total. The third-order valence-corrected chi connectivity index (χ3v) is 2.43. The van der Waals surface area contributed by atoms with Gasteiger partial charge in [0.1, 0.15) is 5.52 Å². The average Bonchev–Trinajstić information content (AvgIpc) is 2.70. The van der Waals surface area contributed by atoms with Crippen LogP contribution in [0, 0.1) is 0 Å². The number of oxazole rings is 1. The molecule has 1 aromatic carbocycles. The summed E-state index contributed by atoms with van der Waals surface area (Å²) in [5, 5.41) is 0. The number of hydrogen-bond donors (Lipinski definition) is 0. The topological polar surface area (TPSA) is 43.1 Å². The third kappa shape index (κ3) is 1.75. The molecule has 1 heterocycles. The summed E-state index contributed by atoms with van der Waals surface area (Å²) in [6.45, 7) is 1.95. The number of halogens is 1. The quantitative estimate of drug-likeness (QED) is 0.594. The van der Waals surface area contributed by atoms with Crippen LogP contribution in [0.1, 0.15) is 23.2 Å².